The summed E-state index contributed by atoms with van der Waals surface area (Å²) in [5, 5.41) is 0. The van der Waals surface area contributed by atoms with Crippen LogP contribution in [-0.4, -0.2) is 12.2 Å². The quantitative estimate of drug-likeness (QED) is 0.245. The summed E-state index contributed by atoms with van der Waals surface area (Å²) in [4.78, 5) is 0. The molecule has 0 aromatic heterocycles. The predicted octanol–water partition coefficient (Wildman–Crippen LogP) is 10.8. The lowest BCUT2D eigenvalue weighted by molar-refractivity contribution is -0.121. The van der Waals surface area contributed by atoms with Crippen molar-refractivity contribution in [3.63, 3.8) is 0 Å². The topological polar surface area (TPSA) is 18.5 Å². The highest BCUT2D eigenvalue weighted by molar-refractivity contribution is 5.28. The third kappa shape index (κ3) is 6.44. The van der Waals surface area contributed by atoms with E-state index in [0.29, 0.717) is 30.7 Å². The van der Waals surface area contributed by atoms with Crippen LogP contribution < -0.4 is 0 Å². The summed E-state index contributed by atoms with van der Waals surface area (Å²) >= 11 is 0. The molecule has 9 atom stereocenters. The second-order valence-electron chi connectivity index (χ2n) is 15.9. The Balaban J connectivity index is 1.24. The zero-order valence-corrected chi connectivity index (χ0v) is 27.8. The van der Waals surface area contributed by atoms with Gasteiger partial charge in [0.2, 0.25) is 0 Å². The van der Waals surface area contributed by atoms with E-state index >= 15 is 0 Å². The van der Waals surface area contributed by atoms with Gasteiger partial charge in [-0.15, -0.1) is 0 Å². The first-order chi connectivity index (χ1) is 20.8. The summed E-state index contributed by atoms with van der Waals surface area (Å²) in [5.41, 5.74) is 4.94. The van der Waals surface area contributed by atoms with Gasteiger partial charge in [-0.2, -0.15) is 0 Å². The molecule has 2 aromatic rings. The van der Waals surface area contributed by atoms with Crippen molar-refractivity contribution < 1.29 is 9.47 Å². The van der Waals surface area contributed by atoms with E-state index in [4.69, 9.17) is 9.47 Å². The molecule has 0 aliphatic heterocycles. The van der Waals surface area contributed by atoms with Crippen LogP contribution in [-0.2, 0) is 22.7 Å². The van der Waals surface area contributed by atoms with Crippen LogP contribution in [0.25, 0.3) is 0 Å². The van der Waals surface area contributed by atoms with Gasteiger partial charge in [-0.25, -0.2) is 0 Å². The Morgan fingerprint density at radius 3 is 2.09 bits per heavy atom. The van der Waals surface area contributed by atoms with Gasteiger partial charge in [0, 0.05) is 0 Å². The van der Waals surface area contributed by atoms with E-state index in [0.717, 1.165) is 36.0 Å². The van der Waals surface area contributed by atoms with Crippen LogP contribution in [0, 0.1) is 46.3 Å². The predicted molar refractivity (Wildman–Crippen MR) is 178 cm³/mol. The highest BCUT2D eigenvalue weighted by atomic mass is 16.5. The Hall–Kier alpha value is -1.90. The van der Waals surface area contributed by atoms with E-state index < -0.39 is 0 Å². The third-order valence-corrected chi connectivity index (χ3v) is 12.9. The van der Waals surface area contributed by atoms with E-state index in [1.165, 1.54) is 68.9 Å². The maximum absolute atomic E-state index is 7.02. The van der Waals surface area contributed by atoms with Crippen molar-refractivity contribution in [1.29, 1.82) is 0 Å². The Labute approximate surface area is 263 Å². The molecule has 2 nitrogen and oxygen atoms in total. The van der Waals surface area contributed by atoms with Crippen molar-refractivity contribution in [3.8, 4) is 0 Å². The van der Waals surface area contributed by atoms with E-state index in [1.807, 2.05) is 0 Å². The molecule has 0 bridgehead atoms. The molecule has 0 saturated heterocycles. The molecule has 0 spiro atoms. The smallest absolute Gasteiger partial charge is 0.0797 e. The molecule has 4 aliphatic rings. The molecule has 0 N–H and O–H groups in total. The molecule has 2 heteroatoms. The van der Waals surface area contributed by atoms with Crippen LogP contribution in [0.3, 0.4) is 0 Å². The maximum atomic E-state index is 7.02. The standard InChI is InChI=1S/C41H58O2/c1-29(2)13-12-14-30(3)35-19-20-36-39-37(22-24-41(35,36)5)40(4)23-21-34(42-27-31-15-8-6-9-16-31)25-33(40)26-38(39)43-28-32-17-10-7-11-18-32/h6-11,15-18,26,29-30,34-39H,12-14,19-25,27-28H2,1-5H3/t30-,34+,35+,36-,37-,38-,39-,40+,41-/m1/s1. The Morgan fingerprint density at radius 1 is 0.744 bits per heavy atom. The van der Waals surface area contributed by atoms with Crippen LogP contribution in [0.1, 0.15) is 110 Å². The van der Waals surface area contributed by atoms with Gasteiger partial charge in [-0.1, -0.05) is 126 Å². The molecule has 43 heavy (non-hydrogen) atoms. The highest BCUT2D eigenvalue weighted by Gasteiger charge is 2.61. The van der Waals surface area contributed by atoms with Gasteiger partial charge in [0.1, 0.15) is 0 Å². The number of hydrogen-bond donors (Lipinski definition) is 0. The highest BCUT2D eigenvalue weighted by Crippen LogP contribution is 2.67. The first-order valence-electron chi connectivity index (χ1n) is 17.8. The van der Waals surface area contributed by atoms with Crippen LogP contribution in [0.5, 0.6) is 0 Å². The molecule has 3 saturated carbocycles. The van der Waals surface area contributed by atoms with Crippen molar-refractivity contribution >= 4 is 0 Å². The zero-order valence-electron chi connectivity index (χ0n) is 27.8. The monoisotopic (exact) mass is 582 g/mol. The number of fused-ring (bicyclic) bond motifs is 5. The molecule has 234 valence electrons. The molecule has 2 aromatic carbocycles. The van der Waals surface area contributed by atoms with Gasteiger partial charge >= 0.3 is 0 Å². The second-order valence-corrected chi connectivity index (χ2v) is 15.9. The zero-order chi connectivity index (χ0) is 30.0. The van der Waals surface area contributed by atoms with Crippen molar-refractivity contribution in [2.24, 2.45) is 46.3 Å². The average Bonchev–Trinajstić information content (AvgIpc) is 3.37. The summed E-state index contributed by atoms with van der Waals surface area (Å²) in [5.74, 6) is 4.63. The first kappa shape index (κ1) is 31.1. The summed E-state index contributed by atoms with van der Waals surface area (Å²) < 4.78 is 13.6. The molecular formula is C41H58O2. The number of benzene rings is 2. The van der Waals surface area contributed by atoms with Crippen molar-refractivity contribution in [3.05, 3.63) is 83.4 Å². The van der Waals surface area contributed by atoms with Gasteiger partial charge in [0.15, 0.2) is 0 Å². The summed E-state index contributed by atoms with van der Waals surface area (Å²) in [7, 11) is 0. The van der Waals surface area contributed by atoms with E-state index in [-0.39, 0.29) is 11.5 Å². The van der Waals surface area contributed by atoms with E-state index in [1.54, 1.807) is 5.57 Å². The SMILES string of the molecule is CC(C)CCC[C@@H](C)[C@@H]1CC[C@@H]2[C@@H]3[C@@H](CC[C@@]21C)[C@@]1(C)CC[C@H](OCc2ccccc2)CC1=C[C@H]3OCc1ccccc1. The van der Waals surface area contributed by atoms with Crippen LogP contribution >= 0.6 is 0 Å². The average molecular weight is 583 g/mol. The fourth-order valence-electron chi connectivity index (χ4n) is 10.5. The van der Waals surface area contributed by atoms with Gasteiger partial charge in [-0.3, -0.25) is 0 Å². The van der Waals surface area contributed by atoms with Gasteiger partial charge in [-0.05, 0) is 102 Å². The Kier molecular flexibility index (Phi) is 9.56. The summed E-state index contributed by atoms with van der Waals surface area (Å²) in [6.07, 6.45) is 16.4. The number of rotatable bonds is 11. The van der Waals surface area contributed by atoms with E-state index in [2.05, 4.69) is 101 Å². The molecule has 0 amide bonds. The van der Waals surface area contributed by atoms with Gasteiger partial charge in [0.25, 0.3) is 0 Å². The van der Waals surface area contributed by atoms with Crippen molar-refractivity contribution in [2.75, 3.05) is 0 Å². The van der Waals surface area contributed by atoms with Crippen LogP contribution in [0.2, 0.25) is 0 Å². The van der Waals surface area contributed by atoms with Crippen LogP contribution in [0.4, 0.5) is 0 Å². The molecule has 0 unspecified atom stereocenters. The van der Waals surface area contributed by atoms with Gasteiger partial charge < -0.3 is 9.47 Å². The second kappa shape index (κ2) is 13.2. The van der Waals surface area contributed by atoms with Crippen molar-refractivity contribution in [1.82, 2.24) is 0 Å². The molecule has 3 fully saturated rings. The molecule has 4 aliphatic carbocycles. The minimum absolute atomic E-state index is 0.209. The summed E-state index contributed by atoms with van der Waals surface area (Å²) in [6.45, 7) is 14.1. The number of ether oxygens (including phenoxy) is 2. The Morgan fingerprint density at radius 2 is 1.42 bits per heavy atom. The normalized spacial score (nSPS) is 36.0. The Bertz CT molecular complexity index is 1200. The fraction of sp³-hybridized carbons (Fsp3) is 0.659. The molecule has 0 heterocycles. The first-order valence-corrected chi connectivity index (χ1v) is 17.8. The summed E-state index contributed by atoms with van der Waals surface area (Å²) in [6, 6.07) is 21.5. The van der Waals surface area contributed by atoms with Crippen LogP contribution in [0.15, 0.2) is 72.3 Å². The molecule has 0 radical (unpaired) electrons. The lowest BCUT2D eigenvalue weighted by atomic mass is 9.46. The molecule has 6 rings (SSSR count). The largest absolute Gasteiger partial charge is 0.373 e. The lowest BCUT2D eigenvalue weighted by Gasteiger charge is -2.60. The van der Waals surface area contributed by atoms with Gasteiger partial charge in [0.05, 0.1) is 25.4 Å². The maximum Gasteiger partial charge on any atom is 0.0797 e. The van der Waals surface area contributed by atoms with E-state index in [9.17, 15) is 0 Å². The number of hydrogen-bond acceptors (Lipinski definition) is 2. The minimum atomic E-state index is 0.209. The lowest BCUT2D eigenvalue weighted by Crippen LogP contribution is -2.55. The van der Waals surface area contributed by atoms with Crippen molar-refractivity contribution in [2.45, 2.75) is 124 Å². The minimum Gasteiger partial charge on any atom is -0.373 e. The molecular weight excluding hydrogens is 524 g/mol. The third-order valence-electron chi connectivity index (χ3n) is 12.9. The fourth-order valence-corrected chi connectivity index (χ4v) is 10.5.